The molecular formula is C15H22F2N2O. The Kier molecular flexibility index (Phi) is 5.88. The molecule has 1 saturated heterocycles. The maximum atomic E-state index is 13.1. The van der Waals surface area contributed by atoms with Crippen LogP contribution in [0.3, 0.4) is 0 Å². The van der Waals surface area contributed by atoms with E-state index < -0.39 is 11.6 Å². The van der Waals surface area contributed by atoms with Crippen molar-refractivity contribution in [1.82, 2.24) is 10.2 Å². The van der Waals surface area contributed by atoms with E-state index in [1.54, 1.807) is 6.07 Å². The molecule has 0 aromatic heterocycles. The summed E-state index contributed by atoms with van der Waals surface area (Å²) in [6.45, 7) is 7.49. The van der Waals surface area contributed by atoms with E-state index in [4.69, 9.17) is 4.74 Å². The van der Waals surface area contributed by atoms with E-state index in [9.17, 15) is 8.78 Å². The summed E-state index contributed by atoms with van der Waals surface area (Å²) in [5, 5.41) is 3.34. The minimum atomic E-state index is -0.798. The van der Waals surface area contributed by atoms with Crippen molar-refractivity contribution in [3.05, 3.63) is 35.4 Å². The fraction of sp³-hybridized carbons (Fsp3) is 0.600. The third kappa shape index (κ3) is 4.51. The molecule has 1 atom stereocenters. The van der Waals surface area contributed by atoms with Crippen molar-refractivity contribution < 1.29 is 13.5 Å². The molecule has 5 heteroatoms. The number of nitrogens with zero attached hydrogens (tertiary/aromatic N) is 1. The van der Waals surface area contributed by atoms with Crippen LogP contribution in [0.4, 0.5) is 8.78 Å². The first kappa shape index (κ1) is 15.4. The van der Waals surface area contributed by atoms with E-state index in [1.807, 2.05) is 6.92 Å². The van der Waals surface area contributed by atoms with Gasteiger partial charge in [0.1, 0.15) is 0 Å². The molecule has 1 aromatic rings. The standard InChI is InChI=1S/C15H22F2N2O/c1-12(13-3-4-14(16)15(17)11-13)18-5-2-6-19-7-9-20-10-8-19/h3-4,11-12,18H,2,5-10H2,1H3. The molecular weight excluding hydrogens is 262 g/mol. The van der Waals surface area contributed by atoms with E-state index in [1.165, 1.54) is 12.1 Å². The number of rotatable bonds is 6. The second-order valence-electron chi connectivity index (χ2n) is 5.16. The highest BCUT2D eigenvalue weighted by Gasteiger charge is 2.11. The molecule has 0 spiro atoms. The molecule has 0 radical (unpaired) electrons. The molecule has 0 saturated carbocycles. The molecule has 0 aliphatic carbocycles. The maximum Gasteiger partial charge on any atom is 0.159 e. The van der Waals surface area contributed by atoms with Gasteiger partial charge in [-0.05, 0) is 44.1 Å². The topological polar surface area (TPSA) is 24.5 Å². The van der Waals surface area contributed by atoms with Gasteiger partial charge in [0.2, 0.25) is 0 Å². The summed E-state index contributed by atoms with van der Waals surface area (Å²) in [6, 6.07) is 4.08. The van der Waals surface area contributed by atoms with Crippen LogP contribution in [0.25, 0.3) is 0 Å². The first-order valence-corrected chi connectivity index (χ1v) is 7.15. The van der Waals surface area contributed by atoms with Crippen molar-refractivity contribution in [3.8, 4) is 0 Å². The Hall–Kier alpha value is -1.04. The van der Waals surface area contributed by atoms with Crippen molar-refractivity contribution >= 4 is 0 Å². The van der Waals surface area contributed by atoms with Gasteiger partial charge >= 0.3 is 0 Å². The molecule has 1 heterocycles. The molecule has 0 amide bonds. The minimum absolute atomic E-state index is 0.0230. The van der Waals surface area contributed by atoms with Crippen LogP contribution in [0, 0.1) is 11.6 Å². The number of benzene rings is 1. The molecule has 1 aromatic carbocycles. The van der Waals surface area contributed by atoms with E-state index in [0.717, 1.165) is 51.4 Å². The predicted octanol–water partition coefficient (Wildman–Crippen LogP) is 2.34. The monoisotopic (exact) mass is 284 g/mol. The highest BCUT2D eigenvalue weighted by molar-refractivity contribution is 5.20. The van der Waals surface area contributed by atoms with Crippen molar-refractivity contribution in [2.45, 2.75) is 19.4 Å². The maximum absolute atomic E-state index is 13.1. The predicted molar refractivity (Wildman–Crippen MR) is 74.7 cm³/mol. The Labute approximate surface area is 118 Å². The third-order valence-corrected chi connectivity index (χ3v) is 3.65. The first-order chi connectivity index (χ1) is 9.66. The van der Waals surface area contributed by atoms with E-state index in [-0.39, 0.29) is 6.04 Å². The molecule has 112 valence electrons. The summed E-state index contributed by atoms with van der Waals surface area (Å²) >= 11 is 0. The summed E-state index contributed by atoms with van der Waals surface area (Å²) in [6.07, 6.45) is 1.04. The molecule has 2 rings (SSSR count). The second-order valence-corrected chi connectivity index (χ2v) is 5.16. The van der Waals surface area contributed by atoms with Gasteiger partial charge in [0.25, 0.3) is 0 Å². The summed E-state index contributed by atoms with van der Waals surface area (Å²) in [5.41, 5.74) is 0.773. The SMILES string of the molecule is CC(NCCCN1CCOCC1)c1ccc(F)c(F)c1. The average Bonchev–Trinajstić information content (AvgIpc) is 2.47. The van der Waals surface area contributed by atoms with Crippen molar-refractivity contribution in [2.75, 3.05) is 39.4 Å². The van der Waals surface area contributed by atoms with Crippen molar-refractivity contribution in [3.63, 3.8) is 0 Å². The van der Waals surface area contributed by atoms with Crippen molar-refractivity contribution in [1.29, 1.82) is 0 Å². The zero-order chi connectivity index (χ0) is 14.4. The van der Waals surface area contributed by atoms with Gasteiger partial charge < -0.3 is 10.1 Å². The number of hydrogen-bond donors (Lipinski definition) is 1. The quantitative estimate of drug-likeness (QED) is 0.812. The summed E-state index contributed by atoms with van der Waals surface area (Å²) < 4.78 is 31.3. The number of morpholine rings is 1. The zero-order valence-corrected chi connectivity index (χ0v) is 11.9. The molecule has 1 aliphatic rings. The number of halogens is 2. The normalized spacial score (nSPS) is 18.1. The van der Waals surface area contributed by atoms with Crippen LogP contribution in [-0.4, -0.2) is 44.3 Å². The van der Waals surface area contributed by atoms with Gasteiger partial charge in [0, 0.05) is 19.1 Å². The Morgan fingerprint density at radius 2 is 2.00 bits per heavy atom. The fourth-order valence-electron chi connectivity index (χ4n) is 2.35. The zero-order valence-electron chi connectivity index (χ0n) is 11.9. The number of ether oxygens (including phenoxy) is 1. The highest BCUT2D eigenvalue weighted by atomic mass is 19.2. The summed E-state index contributed by atoms with van der Waals surface area (Å²) in [5.74, 6) is -1.59. The highest BCUT2D eigenvalue weighted by Crippen LogP contribution is 2.15. The molecule has 1 aliphatic heterocycles. The van der Waals surface area contributed by atoms with Crippen LogP contribution in [0.5, 0.6) is 0 Å². The lowest BCUT2D eigenvalue weighted by molar-refractivity contribution is 0.0374. The largest absolute Gasteiger partial charge is 0.379 e. The fourth-order valence-corrected chi connectivity index (χ4v) is 2.35. The van der Waals surface area contributed by atoms with Crippen molar-refractivity contribution in [2.24, 2.45) is 0 Å². The summed E-state index contributed by atoms with van der Waals surface area (Å²) in [7, 11) is 0. The van der Waals surface area contributed by atoms with Gasteiger partial charge in [-0.1, -0.05) is 6.07 Å². The van der Waals surface area contributed by atoms with E-state index in [0.29, 0.717) is 0 Å². The Morgan fingerprint density at radius 3 is 2.70 bits per heavy atom. The van der Waals surface area contributed by atoms with Crippen LogP contribution in [0.2, 0.25) is 0 Å². The van der Waals surface area contributed by atoms with Crippen LogP contribution < -0.4 is 5.32 Å². The average molecular weight is 284 g/mol. The molecule has 1 unspecified atom stereocenters. The first-order valence-electron chi connectivity index (χ1n) is 7.15. The molecule has 1 fully saturated rings. The van der Waals surface area contributed by atoms with Crippen LogP contribution in [-0.2, 0) is 4.74 Å². The number of hydrogen-bond acceptors (Lipinski definition) is 3. The Bertz CT molecular complexity index is 422. The lowest BCUT2D eigenvalue weighted by atomic mass is 10.1. The Morgan fingerprint density at radius 1 is 1.25 bits per heavy atom. The lowest BCUT2D eigenvalue weighted by Gasteiger charge is -2.26. The van der Waals surface area contributed by atoms with Gasteiger partial charge in [-0.15, -0.1) is 0 Å². The molecule has 20 heavy (non-hydrogen) atoms. The van der Waals surface area contributed by atoms with Crippen LogP contribution in [0.15, 0.2) is 18.2 Å². The second kappa shape index (κ2) is 7.67. The van der Waals surface area contributed by atoms with Crippen LogP contribution >= 0.6 is 0 Å². The van der Waals surface area contributed by atoms with Gasteiger partial charge in [0.15, 0.2) is 11.6 Å². The van der Waals surface area contributed by atoms with Gasteiger partial charge in [-0.25, -0.2) is 8.78 Å². The van der Waals surface area contributed by atoms with Gasteiger partial charge in [0.05, 0.1) is 13.2 Å². The molecule has 1 N–H and O–H groups in total. The number of nitrogens with one attached hydrogen (secondary N) is 1. The van der Waals surface area contributed by atoms with E-state index >= 15 is 0 Å². The van der Waals surface area contributed by atoms with E-state index in [2.05, 4.69) is 10.2 Å². The molecule has 0 bridgehead atoms. The van der Waals surface area contributed by atoms with Gasteiger partial charge in [-0.2, -0.15) is 0 Å². The van der Waals surface area contributed by atoms with Crippen LogP contribution in [0.1, 0.15) is 24.9 Å². The third-order valence-electron chi connectivity index (χ3n) is 3.65. The lowest BCUT2D eigenvalue weighted by Crippen LogP contribution is -2.37. The smallest absolute Gasteiger partial charge is 0.159 e. The minimum Gasteiger partial charge on any atom is -0.379 e. The Balaban J connectivity index is 1.69. The van der Waals surface area contributed by atoms with Gasteiger partial charge in [-0.3, -0.25) is 4.90 Å². The molecule has 3 nitrogen and oxygen atoms in total. The summed E-state index contributed by atoms with van der Waals surface area (Å²) in [4.78, 5) is 2.38.